The van der Waals surface area contributed by atoms with Gasteiger partial charge in [0.1, 0.15) is 12.4 Å². The van der Waals surface area contributed by atoms with E-state index in [1.807, 2.05) is 0 Å². The monoisotopic (exact) mass is 219 g/mol. The second-order valence-electron chi connectivity index (χ2n) is 2.59. The Kier molecular flexibility index (Phi) is 4.62. The fraction of sp³-hybridized carbons (Fsp3) is 0.444. The van der Waals surface area contributed by atoms with Gasteiger partial charge in [0.25, 0.3) is 0 Å². The number of aromatic nitrogens is 1. The molecule has 14 heavy (non-hydrogen) atoms. The van der Waals surface area contributed by atoms with E-state index in [0.717, 1.165) is 6.20 Å². The maximum Gasteiger partial charge on any atom is 0.218 e. The highest BCUT2D eigenvalue weighted by atomic mass is 35.5. The highest BCUT2D eigenvalue weighted by Crippen LogP contribution is 2.17. The number of halogens is 2. The van der Waals surface area contributed by atoms with Crippen molar-refractivity contribution in [3.05, 3.63) is 23.6 Å². The Labute approximate surface area is 86.8 Å². The first-order valence-corrected chi connectivity index (χ1v) is 4.63. The number of pyridine rings is 1. The maximum atomic E-state index is 12.7. The average molecular weight is 220 g/mol. The van der Waals surface area contributed by atoms with Gasteiger partial charge >= 0.3 is 0 Å². The fourth-order valence-corrected chi connectivity index (χ4v) is 1.11. The predicted octanol–water partition coefficient (Wildman–Crippen LogP) is 1.98. The molecule has 78 valence electrons. The quantitative estimate of drug-likeness (QED) is 0.561. The molecular weight excluding hydrogens is 209 g/mol. The summed E-state index contributed by atoms with van der Waals surface area (Å²) in [6, 6.07) is 1.31. The van der Waals surface area contributed by atoms with Crippen LogP contribution in [0.2, 0.25) is 0 Å². The molecule has 0 N–H and O–H groups in total. The number of rotatable bonds is 5. The van der Waals surface area contributed by atoms with Crippen LogP contribution < -0.4 is 4.74 Å². The van der Waals surface area contributed by atoms with Gasteiger partial charge in [-0.1, -0.05) is 0 Å². The number of hydrogen-bond acceptors (Lipinski definition) is 3. The van der Waals surface area contributed by atoms with Gasteiger partial charge < -0.3 is 9.47 Å². The Bertz CT molecular complexity index is 296. The number of alkyl halides is 1. The summed E-state index contributed by atoms with van der Waals surface area (Å²) in [5.41, 5.74) is 0.544. The molecule has 1 heterocycles. The van der Waals surface area contributed by atoms with Crippen molar-refractivity contribution in [2.75, 3.05) is 20.3 Å². The highest BCUT2D eigenvalue weighted by Gasteiger charge is 2.05. The summed E-state index contributed by atoms with van der Waals surface area (Å²) in [6.07, 6.45) is 1.10. The predicted molar refractivity (Wildman–Crippen MR) is 51.1 cm³/mol. The van der Waals surface area contributed by atoms with Gasteiger partial charge in [-0.2, -0.15) is 0 Å². The molecule has 0 amide bonds. The lowest BCUT2D eigenvalue weighted by Gasteiger charge is -2.07. The van der Waals surface area contributed by atoms with Gasteiger partial charge in [-0.3, -0.25) is 0 Å². The molecule has 0 atom stereocenters. The van der Waals surface area contributed by atoms with Crippen LogP contribution in [-0.4, -0.2) is 25.3 Å². The van der Waals surface area contributed by atoms with E-state index in [4.69, 9.17) is 21.1 Å². The molecule has 0 saturated heterocycles. The van der Waals surface area contributed by atoms with Crippen molar-refractivity contribution in [3.8, 4) is 5.88 Å². The number of nitrogens with zero attached hydrogens (tertiary/aromatic N) is 1. The van der Waals surface area contributed by atoms with Crippen LogP contribution in [0.1, 0.15) is 5.56 Å². The van der Waals surface area contributed by atoms with E-state index >= 15 is 0 Å². The molecule has 0 aromatic carbocycles. The lowest BCUT2D eigenvalue weighted by molar-refractivity contribution is 0.143. The van der Waals surface area contributed by atoms with Crippen LogP contribution in [0.3, 0.4) is 0 Å². The SMILES string of the molecule is COCCOc1ncc(F)cc1CCl. The normalized spacial score (nSPS) is 10.2. The van der Waals surface area contributed by atoms with Crippen molar-refractivity contribution in [1.82, 2.24) is 4.98 Å². The third-order valence-electron chi connectivity index (χ3n) is 1.56. The molecule has 1 aromatic heterocycles. The summed E-state index contributed by atoms with van der Waals surface area (Å²) in [5, 5.41) is 0. The summed E-state index contributed by atoms with van der Waals surface area (Å²) in [5.74, 6) is 0.116. The van der Waals surface area contributed by atoms with Crippen LogP contribution in [0, 0.1) is 5.82 Å². The zero-order chi connectivity index (χ0) is 10.4. The van der Waals surface area contributed by atoms with Gasteiger partial charge in [0.2, 0.25) is 5.88 Å². The molecule has 0 saturated carbocycles. The molecule has 0 radical (unpaired) electrons. The second kappa shape index (κ2) is 5.78. The molecule has 0 aliphatic rings. The molecular formula is C9H11ClFNO2. The van der Waals surface area contributed by atoms with Crippen LogP contribution in [0.25, 0.3) is 0 Å². The molecule has 1 rings (SSSR count). The van der Waals surface area contributed by atoms with Crippen molar-refractivity contribution in [3.63, 3.8) is 0 Å². The standard InChI is InChI=1S/C9H11ClFNO2/c1-13-2-3-14-9-7(5-10)4-8(11)6-12-9/h4,6H,2-3,5H2,1H3. The summed E-state index contributed by atoms with van der Waals surface area (Å²) in [6.45, 7) is 0.833. The zero-order valence-corrected chi connectivity index (χ0v) is 8.55. The summed E-state index contributed by atoms with van der Waals surface area (Å²) < 4.78 is 22.8. The van der Waals surface area contributed by atoms with Crippen molar-refractivity contribution in [2.45, 2.75) is 5.88 Å². The number of hydrogen-bond donors (Lipinski definition) is 0. The molecule has 0 fully saturated rings. The van der Waals surface area contributed by atoms with Crippen molar-refractivity contribution in [1.29, 1.82) is 0 Å². The van der Waals surface area contributed by atoms with Crippen LogP contribution in [0.4, 0.5) is 4.39 Å². The van der Waals surface area contributed by atoms with Gasteiger partial charge in [-0.25, -0.2) is 9.37 Å². The lowest BCUT2D eigenvalue weighted by Crippen LogP contribution is -2.07. The molecule has 0 aliphatic carbocycles. The van der Waals surface area contributed by atoms with E-state index in [1.54, 1.807) is 7.11 Å². The lowest BCUT2D eigenvalue weighted by atomic mass is 10.3. The highest BCUT2D eigenvalue weighted by molar-refractivity contribution is 6.17. The Morgan fingerprint density at radius 1 is 1.50 bits per heavy atom. The van der Waals surface area contributed by atoms with Gasteiger partial charge in [-0.05, 0) is 6.07 Å². The van der Waals surface area contributed by atoms with Gasteiger partial charge in [0, 0.05) is 12.7 Å². The summed E-state index contributed by atoms with van der Waals surface area (Å²) >= 11 is 5.60. The second-order valence-corrected chi connectivity index (χ2v) is 2.86. The first-order chi connectivity index (χ1) is 6.77. The van der Waals surface area contributed by atoms with E-state index in [0.29, 0.717) is 24.7 Å². The van der Waals surface area contributed by atoms with E-state index in [9.17, 15) is 4.39 Å². The third kappa shape index (κ3) is 3.12. The Morgan fingerprint density at radius 3 is 2.93 bits per heavy atom. The van der Waals surface area contributed by atoms with Crippen LogP contribution >= 0.6 is 11.6 Å². The van der Waals surface area contributed by atoms with Gasteiger partial charge in [0.15, 0.2) is 0 Å². The molecule has 0 aliphatic heterocycles. The van der Waals surface area contributed by atoms with Crippen LogP contribution in [0.5, 0.6) is 5.88 Å². The minimum atomic E-state index is -0.417. The molecule has 1 aromatic rings. The molecule has 5 heteroatoms. The van der Waals surface area contributed by atoms with Gasteiger partial charge in [-0.15, -0.1) is 11.6 Å². The van der Waals surface area contributed by atoms with E-state index in [2.05, 4.69) is 4.98 Å². The third-order valence-corrected chi connectivity index (χ3v) is 1.85. The van der Waals surface area contributed by atoms with E-state index < -0.39 is 5.82 Å². The Hall–Kier alpha value is -0.870. The molecule has 0 bridgehead atoms. The van der Waals surface area contributed by atoms with Crippen molar-refractivity contribution >= 4 is 11.6 Å². The number of ether oxygens (including phenoxy) is 2. The smallest absolute Gasteiger partial charge is 0.218 e. The minimum absolute atomic E-state index is 0.174. The van der Waals surface area contributed by atoms with E-state index in [1.165, 1.54) is 6.07 Å². The minimum Gasteiger partial charge on any atom is -0.475 e. The topological polar surface area (TPSA) is 31.4 Å². The van der Waals surface area contributed by atoms with E-state index in [-0.39, 0.29) is 5.88 Å². The largest absolute Gasteiger partial charge is 0.475 e. The Balaban J connectivity index is 2.65. The van der Waals surface area contributed by atoms with Gasteiger partial charge in [0.05, 0.1) is 18.7 Å². The summed E-state index contributed by atoms with van der Waals surface area (Å²) in [4.78, 5) is 3.78. The van der Waals surface area contributed by atoms with Crippen LogP contribution in [-0.2, 0) is 10.6 Å². The maximum absolute atomic E-state index is 12.7. The molecule has 0 spiro atoms. The first-order valence-electron chi connectivity index (χ1n) is 4.10. The van der Waals surface area contributed by atoms with Crippen molar-refractivity contribution in [2.24, 2.45) is 0 Å². The molecule has 0 unspecified atom stereocenters. The Morgan fingerprint density at radius 2 is 2.29 bits per heavy atom. The summed E-state index contributed by atoms with van der Waals surface area (Å²) in [7, 11) is 1.57. The first kappa shape index (κ1) is 11.2. The fourth-order valence-electron chi connectivity index (χ4n) is 0.916. The van der Waals surface area contributed by atoms with Crippen LogP contribution in [0.15, 0.2) is 12.3 Å². The average Bonchev–Trinajstić information content (AvgIpc) is 2.20. The van der Waals surface area contributed by atoms with Crippen molar-refractivity contribution < 1.29 is 13.9 Å². The molecule has 3 nitrogen and oxygen atoms in total. The number of methoxy groups -OCH3 is 1. The zero-order valence-electron chi connectivity index (χ0n) is 7.80.